The Morgan fingerprint density at radius 1 is 1.47 bits per heavy atom. The molecule has 0 spiro atoms. The molecule has 0 bridgehead atoms. The molecule has 0 saturated carbocycles. The molecular formula is C9H11F3N2O. The zero-order valence-electron chi connectivity index (χ0n) is 8.38. The molecule has 1 heterocycles. The van der Waals surface area contributed by atoms with E-state index in [2.05, 4.69) is 4.98 Å². The van der Waals surface area contributed by atoms with E-state index >= 15 is 0 Å². The van der Waals surface area contributed by atoms with E-state index < -0.39 is 18.3 Å². The van der Waals surface area contributed by atoms with Gasteiger partial charge >= 0.3 is 6.18 Å². The minimum Gasteiger partial charge on any atom is -0.290 e. The predicted octanol–water partition coefficient (Wildman–Crippen LogP) is 1.93. The highest BCUT2D eigenvalue weighted by Crippen LogP contribution is 2.16. The van der Waals surface area contributed by atoms with Gasteiger partial charge in [-0.15, -0.1) is 0 Å². The summed E-state index contributed by atoms with van der Waals surface area (Å²) in [5.41, 5.74) is -0.334. The minimum absolute atomic E-state index is 0.134. The van der Waals surface area contributed by atoms with E-state index in [0.717, 1.165) is 6.33 Å². The molecule has 0 aliphatic rings. The van der Waals surface area contributed by atoms with E-state index in [1.165, 1.54) is 6.20 Å². The minimum atomic E-state index is -4.40. The van der Waals surface area contributed by atoms with Gasteiger partial charge in [0.1, 0.15) is 6.54 Å². The van der Waals surface area contributed by atoms with Crippen molar-refractivity contribution in [3.8, 4) is 0 Å². The molecule has 0 N–H and O–H groups in total. The van der Waals surface area contributed by atoms with Crippen LogP contribution in [0.25, 0.3) is 0 Å². The fourth-order valence-electron chi connectivity index (χ4n) is 1.17. The van der Waals surface area contributed by atoms with Crippen LogP contribution in [0.15, 0.2) is 17.3 Å². The van der Waals surface area contributed by atoms with Crippen molar-refractivity contribution in [1.82, 2.24) is 9.55 Å². The molecule has 84 valence electrons. The van der Waals surface area contributed by atoms with Crippen LogP contribution in [0.3, 0.4) is 0 Å². The first-order valence-corrected chi connectivity index (χ1v) is 4.42. The van der Waals surface area contributed by atoms with Gasteiger partial charge in [-0.05, 0) is 5.92 Å². The second-order valence-corrected chi connectivity index (χ2v) is 3.55. The van der Waals surface area contributed by atoms with Crippen molar-refractivity contribution in [3.05, 3.63) is 28.4 Å². The third kappa shape index (κ3) is 3.07. The number of nitrogens with zero attached hydrogens (tertiary/aromatic N) is 2. The Labute approximate surface area is 84.6 Å². The molecule has 15 heavy (non-hydrogen) atoms. The maximum Gasteiger partial charge on any atom is 0.406 e. The highest BCUT2D eigenvalue weighted by atomic mass is 19.4. The summed E-state index contributed by atoms with van der Waals surface area (Å²) < 4.78 is 36.8. The summed E-state index contributed by atoms with van der Waals surface area (Å²) >= 11 is 0. The van der Waals surface area contributed by atoms with Gasteiger partial charge in [0.05, 0.1) is 6.33 Å². The molecule has 0 saturated heterocycles. The van der Waals surface area contributed by atoms with E-state index in [4.69, 9.17) is 0 Å². The number of halogens is 3. The fourth-order valence-corrected chi connectivity index (χ4v) is 1.17. The average Bonchev–Trinajstić information content (AvgIpc) is 2.05. The van der Waals surface area contributed by atoms with Crippen molar-refractivity contribution < 1.29 is 13.2 Å². The van der Waals surface area contributed by atoms with Crippen LogP contribution in [0.5, 0.6) is 0 Å². The van der Waals surface area contributed by atoms with Crippen LogP contribution in [0.2, 0.25) is 0 Å². The topological polar surface area (TPSA) is 34.9 Å². The number of aromatic nitrogens is 2. The number of rotatable bonds is 2. The van der Waals surface area contributed by atoms with Gasteiger partial charge < -0.3 is 0 Å². The third-order valence-electron chi connectivity index (χ3n) is 1.90. The van der Waals surface area contributed by atoms with E-state index in [1.807, 2.05) is 0 Å². The lowest BCUT2D eigenvalue weighted by molar-refractivity contribution is -0.141. The summed E-state index contributed by atoms with van der Waals surface area (Å²) in [4.78, 5) is 15.1. The van der Waals surface area contributed by atoms with Gasteiger partial charge in [-0.1, -0.05) is 13.8 Å². The Morgan fingerprint density at radius 2 is 2.07 bits per heavy atom. The summed E-state index contributed by atoms with van der Waals surface area (Å²) in [6.07, 6.45) is -2.19. The molecule has 0 unspecified atom stereocenters. The quantitative estimate of drug-likeness (QED) is 0.763. The maximum absolute atomic E-state index is 12.1. The standard InChI is InChI=1S/C9H11F3N2O/c1-6(2)7-3-13-5-14(8(7)15)4-9(10,11)12/h3,5-6H,4H2,1-2H3. The normalized spacial score (nSPS) is 12.1. The SMILES string of the molecule is CC(C)c1cncn(CC(F)(F)F)c1=O. The lowest BCUT2D eigenvalue weighted by Crippen LogP contribution is -2.30. The monoisotopic (exact) mass is 220 g/mol. The molecule has 0 atom stereocenters. The molecule has 0 aliphatic carbocycles. The van der Waals surface area contributed by atoms with Crippen LogP contribution >= 0.6 is 0 Å². The molecule has 0 aliphatic heterocycles. The Balaban J connectivity index is 3.11. The molecule has 6 heteroatoms. The van der Waals surface area contributed by atoms with E-state index in [0.29, 0.717) is 10.1 Å². The van der Waals surface area contributed by atoms with Crippen LogP contribution in [0.4, 0.5) is 13.2 Å². The largest absolute Gasteiger partial charge is 0.406 e. The van der Waals surface area contributed by atoms with Crippen LogP contribution < -0.4 is 5.56 Å². The zero-order chi connectivity index (χ0) is 11.6. The molecule has 1 rings (SSSR count). The van der Waals surface area contributed by atoms with Crippen molar-refractivity contribution in [3.63, 3.8) is 0 Å². The maximum atomic E-state index is 12.1. The van der Waals surface area contributed by atoms with Gasteiger partial charge in [-0.3, -0.25) is 9.36 Å². The van der Waals surface area contributed by atoms with Gasteiger partial charge in [-0.25, -0.2) is 4.98 Å². The highest BCUT2D eigenvalue weighted by Gasteiger charge is 2.28. The summed E-state index contributed by atoms with van der Waals surface area (Å²) in [5.74, 6) is -0.134. The lowest BCUT2D eigenvalue weighted by Gasteiger charge is -2.11. The van der Waals surface area contributed by atoms with Crippen LogP contribution in [-0.2, 0) is 6.54 Å². The first kappa shape index (κ1) is 11.7. The summed E-state index contributed by atoms with van der Waals surface area (Å²) in [6.45, 7) is 2.17. The van der Waals surface area contributed by atoms with Crippen molar-refractivity contribution in [1.29, 1.82) is 0 Å². The number of hydrogen-bond donors (Lipinski definition) is 0. The number of alkyl halides is 3. The molecule has 0 aromatic carbocycles. The van der Waals surface area contributed by atoms with Gasteiger partial charge in [0.25, 0.3) is 5.56 Å². The third-order valence-corrected chi connectivity index (χ3v) is 1.90. The highest BCUT2D eigenvalue weighted by molar-refractivity contribution is 5.09. The smallest absolute Gasteiger partial charge is 0.290 e. The van der Waals surface area contributed by atoms with E-state index in [-0.39, 0.29) is 5.92 Å². The van der Waals surface area contributed by atoms with Gasteiger partial charge in [0.2, 0.25) is 0 Å². The van der Waals surface area contributed by atoms with Gasteiger partial charge in [0, 0.05) is 11.8 Å². The zero-order valence-corrected chi connectivity index (χ0v) is 8.38. The van der Waals surface area contributed by atoms with Crippen LogP contribution in [-0.4, -0.2) is 15.7 Å². The first-order chi connectivity index (χ1) is 6.81. The van der Waals surface area contributed by atoms with Gasteiger partial charge in [-0.2, -0.15) is 13.2 Å². The lowest BCUT2D eigenvalue weighted by atomic mass is 10.1. The molecule has 1 aromatic rings. The Hall–Kier alpha value is -1.33. The summed E-state index contributed by atoms with van der Waals surface area (Å²) in [6, 6.07) is 0. The van der Waals surface area contributed by atoms with Crippen molar-refractivity contribution in [2.45, 2.75) is 32.5 Å². The van der Waals surface area contributed by atoms with Crippen molar-refractivity contribution >= 4 is 0 Å². The van der Waals surface area contributed by atoms with E-state index in [9.17, 15) is 18.0 Å². The molecule has 0 fully saturated rings. The Bertz CT molecular complexity index is 395. The molecule has 1 aromatic heterocycles. The second-order valence-electron chi connectivity index (χ2n) is 3.55. The van der Waals surface area contributed by atoms with E-state index in [1.54, 1.807) is 13.8 Å². The molecule has 0 amide bonds. The van der Waals surface area contributed by atoms with Crippen molar-refractivity contribution in [2.24, 2.45) is 0 Å². The molecular weight excluding hydrogens is 209 g/mol. The second kappa shape index (κ2) is 4.04. The fraction of sp³-hybridized carbons (Fsp3) is 0.556. The number of hydrogen-bond acceptors (Lipinski definition) is 2. The Kier molecular flexibility index (Phi) is 3.16. The Morgan fingerprint density at radius 3 is 2.53 bits per heavy atom. The van der Waals surface area contributed by atoms with Gasteiger partial charge in [0.15, 0.2) is 0 Å². The van der Waals surface area contributed by atoms with Crippen LogP contribution in [0.1, 0.15) is 25.3 Å². The average molecular weight is 220 g/mol. The van der Waals surface area contributed by atoms with Crippen LogP contribution in [0, 0.1) is 0 Å². The summed E-state index contributed by atoms with van der Waals surface area (Å²) in [7, 11) is 0. The molecule has 0 radical (unpaired) electrons. The van der Waals surface area contributed by atoms with Crippen molar-refractivity contribution in [2.75, 3.05) is 0 Å². The first-order valence-electron chi connectivity index (χ1n) is 4.42. The molecule has 3 nitrogen and oxygen atoms in total. The summed E-state index contributed by atoms with van der Waals surface area (Å²) in [5, 5.41) is 0. The predicted molar refractivity (Wildman–Crippen MR) is 48.6 cm³/mol.